The molecule has 0 aromatic carbocycles. The van der Waals surface area contributed by atoms with Crippen LogP contribution >= 0.6 is 23.3 Å². The van der Waals surface area contributed by atoms with Gasteiger partial charge in [0.25, 0.3) is 0 Å². The zero-order valence-electron chi connectivity index (χ0n) is 12.3. The molecule has 0 radical (unpaired) electrons. The highest BCUT2D eigenvalue weighted by Crippen LogP contribution is 2.61. The minimum atomic E-state index is 0.140. The van der Waals surface area contributed by atoms with Gasteiger partial charge in [-0.05, 0) is 67.9 Å². The second kappa shape index (κ2) is 5.23. The number of rotatable bonds is 4. The number of carbonyl (C=O) groups excluding carboxylic acids is 1. The van der Waals surface area contributed by atoms with Crippen LogP contribution in [0.15, 0.2) is 5.16 Å². The van der Waals surface area contributed by atoms with Crippen LogP contribution < -0.4 is 5.32 Å². The highest BCUT2D eigenvalue weighted by atomic mass is 32.2. The molecule has 114 valence electrons. The number of amides is 1. The van der Waals surface area contributed by atoms with Crippen molar-refractivity contribution in [3.63, 3.8) is 0 Å². The van der Waals surface area contributed by atoms with Crippen LogP contribution in [-0.2, 0) is 4.79 Å². The van der Waals surface area contributed by atoms with Crippen molar-refractivity contribution < 1.29 is 4.79 Å². The van der Waals surface area contributed by atoms with Crippen molar-refractivity contribution in [1.82, 2.24) is 9.36 Å². The molecule has 0 unspecified atom stereocenters. The molecule has 6 heteroatoms. The molecule has 1 aromatic heterocycles. The van der Waals surface area contributed by atoms with Crippen molar-refractivity contribution >= 4 is 34.3 Å². The van der Waals surface area contributed by atoms with Gasteiger partial charge in [-0.3, -0.25) is 4.79 Å². The van der Waals surface area contributed by atoms with Gasteiger partial charge in [0.05, 0.1) is 0 Å². The topological polar surface area (TPSA) is 54.9 Å². The number of thioether (sulfide) groups is 1. The fourth-order valence-corrected chi connectivity index (χ4v) is 6.50. The van der Waals surface area contributed by atoms with Gasteiger partial charge >= 0.3 is 0 Å². The first-order chi connectivity index (χ1) is 10.1. The highest BCUT2D eigenvalue weighted by molar-refractivity contribution is 7.98. The SMILES string of the molecule is CSc1nsc(NC(=O)CC23CC4CC(CC(C4)C2)C3)n1. The van der Waals surface area contributed by atoms with Crippen LogP contribution in [0, 0.1) is 23.2 Å². The standard InChI is InChI=1S/C15H21N3OS2/c1-20-14-17-13(21-18-14)16-12(19)8-15-5-9-2-10(6-15)4-11(3-9)7-15/h9-11H,2-8H2,1H3,(H,16,17,18,19). The molecule has 0 saturated heterocycles. The number of anilines is 1. The lowest BCUT2D eigenvalue weighted by Gasteiger charge is -2.56. The highest BCUT2D eigenvalue weighted by Gasteiger charge is 2.51. The zero-order valence-corrected chi connectivity index (χ0v) is 13.9. The van der Waals surface area contributed by atoms with E-state index in [0.717, 1.165) is 22.9 Å². The molecule has 4 fully saturated rings. The quantitative estimate of drug-likeness (QED) is 0.856. The smallest absolute Gasteiger partial charge is 0.226 e. The van der Waals surface area contributed by atoms with E-state index in [9.17, 15) is 4.79 Å². The van der Waals surface area contributed by atoms with Crippen LogP contribution in [-0.4, -0.2) is 21.5 Å². The van der Waals surface area contributed by atoms with Crippen molar-refractivity contribution in [2.24, 2.45) is 23.2 Å². The summed E-state index contributed by atoms with van der Waals surface area (Å²) in [5, 5.41) is 4.35. The molecule has 0 spiro atoms. The van der Waals surface area contributed by atoms with E-state index < -0.39 is 0 Å². The summed E-state index contributed by atoms with van der Waals surface area (Å²) in [6.07, 6.45) is 10.7. The molecular formula is C15H21N3OS2. The molecule has 4 bridgehead atoms. The molecule has 4 nitrogen and oxygen atoms in total. The Kier molecular flexibility index (Phi) is 3.49. The molecule has 4 aliphatic rings. The van der Waals surface area contributed by atoms with Crippen molar-refractivity contribution in [3.05, 3.63) is 0 Å². The summed E-state index contributed by atoms with van der Waals surface area (Å²) < 4.78 is 4.19. The van der Waals surface area contributed by atoms with Gasteiger partial charge < -0.3 is 5.32 Å². The first kappa shape index (κ1) is 14.0. The van der Waals surface area contributed by atoms with Gasteiger partial charge in [-0.15, -0.1) is 0 Å². The summed E-state index contributed by atoms with van der Waals surface area (Å²) in [5.74, 6) is 2.83. The maximum Gasteiger partial charge on any atom is 0.226 e. The van der Waals surface area contributed by atoms with Crippen LogP contribution in [0.2, 0.25) is 0 Å². The minimum Gasteiger partial charge on any atom is -0.301 e. The van der Waals surface area contributed by atoms with Crippen LogP contribution in [0.4, 0.5) is 5.13 Å². The van der Waals surface area contributed by atoms with Crippen LogP contribution in [0.5, 0.6) is 0 Å². The number of carbonyl (C=O) groups is 1. The van der Waals surface area contributed by atoms with E-state index in [1.54, 1.807) is 0 Å². The fraction of sp³-hybridized carbons (Fsp3) is 0.800. The molecule has 1 aromatic rings. The Balaban J connectivity index is 1.42. The molecule has 1 N–H and O–H groups in total. The van der Waals surface area contributed by atoms with E-state index in [1.165, 1.54) is 61.8 Å². The summed E-state index contributed by atoms with van der Waals surface area (Å²) in [7, 11) is 0. The monoisotopic (exact) mass is 323 g/mol. The van der Waals surface area contributed by atoms with Gasteiger partial charge in [0.1, 0.15) is 0 Å². The second-order valence-corrected chi connectivity index (χ2v) is 8.75. The molecule has 4 saturated carbocycles. The number of hydrogen-bond donors (Lipinski definition) is 1. The fourth-order valence-electron chi connectivity index (χ4n) is 5.35. The van der Waals surface area contributed by atoms with Gasteiger partial charge in [-0.25, -0.2) is 0 Å². The van der Waals surface area contributed by atoms with E-state index >= 15 is 0 Å². The number of nitrogens with zero attached hydrogens (tertiary/aromatic N) is 2. The molecule has 1 heterocycles. The lowest BCUT2D eigenvalue weighted by atomic mass is 9.49. The van der Waals surface area contributed by atoms with E-state index in [4.69, 9.17) is 0 Å². The Morgan fingerprint density at radius 3 is 2.43 bits per heavy atom. The Labute approximate surface area is 133 Å². The molecule has 1 amide bonds. The summed E-state index contributed by atoms with van der Waals surface area (Å²) >= 11 is 2.79. The molecule has 5 rings (SSSR count). The van der Waals surface area contributed by atoms with Crippen LogP contribution in [0.25, 0.3) is 0 Å². The van der Waals surface area contributed by atoms with Gasteiger partial charge in [0.2, 0.25) is 16.2 Å². The first-order valence-electron chi connectivity index (χ1n) is 7.82. The normalized spacial score (nSPS) is 36.9. The molecule has 21 heavy (non-hydrogen) atoms. The first-order valence-corrected chi connectivity index (χ1v) is 9.81. The average molecular weight is 323 g/mol. The number of hydrogen-bond acceptors (Lipinski definition) is 5. The van der Waals surface area contributed by atoms with Gasteiger partial charge in [0.15, 0.2) is 0 Å². The second-order valence-electron chi connectivity index (χ2n) is 7.23. The van der Waals surface area contributed by atoms with Crippen molar-refractivity contribution in [2.45, 2.75) is 50.1 Å². The Bertz CT molecular complexity index is 522. The van der Waals surface area contributed by atoms with Crippen molar-refractivity contribution in [3.8, 4) is 0 Å². The third-order valence-corrected chi connectivity index (χ3v) is 6.83. The van der Waals surface area contributed by atoms with Crippen molar-refractivity contribution in [2.75, 3.05) is 11.6 Å². The Morgan fingerprint density at radius 2 is 1.90 bits per heavy atom. The average Bonchev–Trinajstić information content (AvgIpc) is 2.83. The summed E-state index contributed by atoms with van der Waals surface area (Å²) in [5.41, 5.74) is 0.297. The summed E-state index contributed by atoms with van der Waals surface area (Å²) in [6.45, 7) is 0. The number of aromatic nitrogens is 2. The maximum atomic E-state index is 12.4. The Morgan fingerprint density at radius 1 is 1.29 bits per heavy atom. The van der Waals surface area contributed by atoms with Crippen molar-refractivity contribution in [1.29, 1.82) is 0 Å². The van der Waals surface area contributed by atoms with Crippen LogP contribution in [0.1, 0.15) is 44.9 Å². The summed E-state index contributed by atoms with van der Waals surface area (Å²) in [4.78, 5) is 16.7. The zero-order chi connectivity index (χ0) is 14.4. The molecule has 4 aliphatic carbocycles. The van der Waals surface area contributed by atoms with E-state index in [-0.39, 0.29) is 5.91 Å². The van der Waals surface area contributed by atoms with Gasteiger partial charge in [-0.1, -0.05) is 11.8 Å². The summed E-state index contributed by atoms with van der Waals surface area (Å²) in [6, 6.07) is 0. The van der Waals surface area contributed by atoms with Gasteiger partial charge in [0, 0.05) is 18.0 Å². The number of nitrogens with one attached hydrogen (secondary N) is 1. The van der Waals surface area contributed by atoms with E-state index in [0.29, 0.717) is 17.0 Å². The Hall–Kier alpha value is -0.620. The third-order valence-electron chi connectivity index (χ3n) is 5.54. The van der Waals surface area contributed by atoms with Crippen LogP contribution in [0.3, 0.4) is 0 Å². The lowest BCUT2D eigenvalue weighted by molar-refractivity contribution is -0.124. The molecular weight excluding hydrogens is 302 g/mol. The third kappa shape index (κ3) is 2.72. The van der Waals surface area contributed by atoms with E-state index in [1.807, 2.05) is 6.26 Å². The molecule has 0 aliphatic heterocycles. The molecule has 0 atom stereocenters. The lowest BCUT2D eigenvalue weighted by Crippen LogP contribution is -2.47. The predicted octanol–water partition coefficient (Wildman–Crippen LogP) is 3.81. The minimum absolute atomic E-state index is 0.140. The van der Waals surface area contributed by atoms with Gasteiger partial charge in [-0.2, -0.15) is 9.36 Å². The van der Waals surface area contributed by atoms with E-state index in [2.05, 4.69) is 14.7 Å². The predicted molar refractivity (Wildman–Crippen MR) is 85.5 cm³/mol. The maximum absolute atomic E-state index is 12.4. The largest absolute Gasteiger partial charge is 0.301 e.